The van der Waals surface area contributed by atoms with E-state index in [1.165, 1.54) is 11.1 Å². The molecule has 1 aliphatic heterocycles. The number of nitrogens with zero attached hydrogens (tertiary/aromatic N) is 1. The molecule has 3 heteroatoms. The summed E-state index contributed by atoms with van der Waals surface area (Å²) in [6.07, 6.45) is 2.26. The normalized spacial score (nSPS) is 17.6. The van der Waals surface area contributed by atoms with E-state index in [1.54, 1.807) is 0 Å². The van der Waals surface area contributed by atoms with Crippen LogP contribution >= 0.6 is 0 Å². The quantitative estimate of drug-likeness (QED) is 0.815. The zero-order valence-electron chi connectivity index (χ0n) is 10.8. The molecule has 0 radical (unpaired) electrons. The number of rotatable bonds is 3. The van der Waals surface area contributed by atoms with E-state index in [2.05, 4.69) is 31.1 Å². The maximum absolute atomic E-state index is 5.89. The summed E-state index contributed by atoms with van der Waals surface area (Å²) in [4.78, 5) is 2.19. The molecule has 0 atom stereocenters. The first-order chi connectivity index (χ1) is 8.16. The lowest BCUT2D eigenvalue weighted by atomic mass is 9.88. The predicted molar refractivity (Wildman–Crippen MR) is 71.0 cm³/mol. The van der Waals surface area contributed by atoms with Crippen molar-refractivity contribution in [2.75, 3.05) is 33.0 Å². The number of anilines is 1. The fourth-order valence-electron chi connectivity index (χ4n) is 2.51. The second-order valence-electron chi connectivity index (χ2n) is 5.08. The highest BCUT2D eigenvalue weighted by molar-refractivity contribution is 5.46. The summed E-state index contributed by atoms with van der Waals surface area (Å²) < 4.78 is 5.43. The average Bonchev–Trinajstić information content (AvgIpc) is 2.29. The number of nitrogens with two attached hydrogens (primary N) is 1. The molecule has 1 aromatic rings. The standard InChI is InChI=1S/C14H22N2O/c1-16(2)10-12-9-13(15)3-4-14(12)11-5-7-17-8-6-11/h3-4,9,11H,5-8,10,15H2,1-2H3. The maximum atomic E-state index is 5.89. The minimum Gasteiger partial charge on any atom is -0.399 e. The Labute approximate surface area is 104 Å². The highest BCUT2D eigenvalue weighted by Gasteiger charge is 2.18. The van der Waals surface area contributed by atoms with Crippen LogP contribution in [0.15, 0.2) is 18.2 Å². The molecule has 1 heterocycles. The largest absolute Gasteiger partial charge is 0.399 e. The van der Waals surface area contributed by atoms with Crippen LogP contribution in [-0.4, -0.2) is 32.2 Å². The summed E-state index contributed by atoms with van der Waals surface area (Å²) in [5.41, 5.74) is 9.57. The van der Waals surface area contributed by atoms with E-state index >= 15 is 0 Å². The van der Waals surface area contributed by atoms with Gasteiger partial charge in [-0.15, -0.1) is 0 Å². The number of hydrogen-bond acceptors (Lipinski definition) is 3. The topological polar surface area (TPSA) is 38.5 Å². The number of ether oxygens (including phenoxy) is 1. The molecular weight excluding hydrogens is 212 g/mol. The van der Waals surface area contributed by atoms with Crippen LogP contribution in [0.1, 0.15) is 29.9 Å². The summed E-state index contributed by atoms with van der Waals surface area (Å²) in [6.45, 7) is 2.73. The first-order valence-electron chi connectivity index (χ1n) is 6.27. The molecule has 3 nitrogen and oxygen atoms in total. The van der Waals surface area contributed by atoms with Crippen LogP contribution in [0.3, 0.4) is 0 Å². The molecule has 1 aromatic carbocycles. The molecule has 0 saturated carbocycles. The summed E-state index contributed by atoms with van der Waals surface area (Å²) in [7, 11) is 4.19. The van der Waals surface area contributed by atoms with Gasteiger partial charge in [-0.2, -0.15) is 0 Å². The lowest BCUT2D eigenvalue weighted by molar-refractivity contribution is 0.0850. The van der Waals surface area contributed by atoms with Crippen LogP contribution in [0.5, 0.6) is 0 Å². The van der Waals surface area contributed by atoms with Gasteiger partial charge >= 0.3 is 0 Å². The van der Waals surface area contributed by atoms with Gasteiger partial charge in [0.2, 0.25) is 0 Å². The molecule has 1 aliphatic rings. The Kier molecular flexibility index (Phi) is 4.02. The Bertz CT molecular complexity index is 370. The minimum atomic E-state index is 0.638. The van der Waals surface area contributed by atoms with Gasteiger partial charge in [-0.3, -0.25) is 0 Å². The molecular formula is C14H22N2O. The van der Waals surface area contributed by atoms with E-state index in [1.807, 2.05) is 6.07 Å². The molecule has 1 fully saturated rings. The minimum absolute atomic E-state index is 0.638. The van der Waals surface area contributed by atoms with Gasteiger partial charge in [0.25, 0.3) is 0 Å². The summed E-state index contributed by atoms with van der Waals surface area (Å²) in [5, 5.41) is 0. The third-order valence-corrected chi connectivity index (χ3v) is 3.31. The van der Waals surface area contributed by atoms with Gasteiger partial charge in [-0.05, 0) is 56.1 Å². The summed E-state index contributed by atoms with van der Waals surface area (Å²) >= 11 is 0. The lowest BCUT2D eigenvalue weighted by Crippen LogP contribution is -2.18. The zero-order chi connectivity index (χ0) is 12.3. The van der Waals surface area contributed by atoms with Gasteiger partial charge in [0, 0.05) is 25.4 Å². The molecule has 94 valence electrons. The van der Waals surface area contributed by atoms with Gasteiger partial charge in [-0.25, -0.2) is 0 Å². The predicted octanol–water partition coefficient (Wildman–Crippen LogP) is 2.22. The molecule has 2 rings (SSSR count). The van der Waals surface area contributed by atoms with Crippen molar-refractivity contribution in [3.05, 3.63) is 29.3 Å². The van der Waals surface area contributed by atoms with E-state index in [9.17, 15) is 0 Å². The van der Waals surface area contributed by atoms with Crippen molar-refractivity contribution in [1.82, 2.24) is 4.90 Å². The van der Waals surface area contributed by atoms with Crippen LogP contribution in [0.2, 0.25) is 0 Å². The van der Waals surface area contributed by atoms with Gasteiger partial charge < -0.3 is 15.4 Å². The number of benzene rings is 1. The molecule has 0 amide bonds. The van der Waals surface area contributed by atoms with Crippen LogP contribution in [0.4, 0.5) is 5.69 Å². The van der Waals surface area contributed by atoms with Gasteiger partial charge in [0.1, 0.15) is 0 Å². The molecule has 17 heavy (non-hydrogen) atoms. The fraction of sp³-hybridized carbons (Fsp3) is 0.571. The lowest BCUT2D eigenvalue weighted by Gasteiger charge is -2.25. The van der Waals surface area contributed by atoms with Crippen molar-refractivity contribution in [3.8, 4) is 0 Å². The van der Waals surface area contributed by atoms with Crippen LogP contribution < -0.4 is 5.73 Å². The van der Waals surface area contributed by atoms with Crippen molar-refractivity contribution < 1.29 is 4.74 Å². The molecule has 0 aliphatic carbocycles. The van der Waals surface area contributed by atoms with Crippen molar-refractivity contribution >= 4 is 5.69 Å². The second-order valence-corrected chi connectivity index (χ2v) is 5.08. The number of hydrogen-bond donors (Lipinski definition) is 1. The maximum Gasteiger partial charge on any atom is 0.0471 e. The third-order valence-electron chi connectivity index (χ3n) is 3.31. The van der Waals surface area contributed by atoms with Crippen molar-refractivity contribution in [3.63, 3.8) is 0 Å². The van der Waals surface area contributed by atoms with Crippen molar-refractivity contribution in [2.45, 2.75) is 25.3 Å². The first kappa shape index (κ1) is 12.4. The van der Waals surface area contributed by atoms with Crippen LogP contribution in [0.25, 0.3) is 0 Å². The Hall–Kier alpha value is -1.06. The summed E-state index contributed by atoms with van der Waals surface area (Å²) in [5.74, 6) is 0.638. The molecule has 2 N–H and O–H groups in total. The van der Waals surface area contributed by atoms with Gasteiger partial charge in [0.15, 0.2) is 0 Å². The van der Waals surface area contributed by atoms with E-state index < -0.39 is 0 Å². The third kappa shape index (κ3) is 3.20. The van der Waals surface area contributed by atoms with E-state index in [4.69, 9.17) is 10.5 Å². The van der Waals surface area contributed by atoms with E-state index in [0.717, 1.165) is 38.3 Å². The number of nitrogen functional groups attached to an aromatic ring is 1. The Morgan fingerprint density at radius 2 is 2.00 bits per heavy atom. The van der Waals surface area contributed by atoms with Gasteiger partial charge in [0.05, 0.1) is 0 Å². The van der Waals surface area contributed by atoms with Crippen molar-refractivity contribution in [1.29, 1.82) is 0 Å². The highest BCUT2D eigenvalue weighted by Crippen LogP contribution is 2.30. The second kappa shape index (κ2) is 5.52. The summed E-state index contributed by atoms with van der Waals surface area (Å²) in [6, 6.07) is 6.33. The van der Waals surface area contributed by atoms with E-state index in [0.29, 0.717) is 5.92 Å². The molecule has 0 spiro atoms. The van der Waals surface area contributed by atoms with E-state index in [-0.39, 0.29) is 0 Å². The monoisotopic (exact) mass is 234 g/mol. The van der Waals surface area contributed by atoms with Crippen LogP contribution in [-0.2, 0) is 11.3 Å². The first-order valence-corrected chi connectivity index (χ1v) is 6.27. The zero-order valence-corrected chi connectivity index (χ0v) is 10.8. The molecule has 0 unspecified atom stereocenters. The highest BCUT2D eigenvalue weighted by atomic mass is 16.5. The Morgan fingerprint density at radius 1 is 1.29 bits per heavy atom. The molecule has 0 bridgehead atoms. The van der Waals surface area contributed by atoms with Crippen molar-refractivity contribution in [2.24, 2.45) is 0 Å². The Balaban J connectivity index is 2.24. The Morgan fingerprint density at radius 3 is 2.65 bits per heavy atom. The van der Waals surface area contributed by atoms with Crippen LogP contribution in [0, 0.1) is 0 Å². The fourth-order valence-corrected chi connectivity index (χ4v) is 2.51. The molecule has 0 aromatic heterocycles. The SMILES string of the molecule is CN(C)Cc1cc(N)ccc1C1CCOCC1. The smallest absolute Gasteiger partial charge is 0.0471 e. The average molecular weight is 234 g/mol. The van der Waals surface area contributed by atoms with Gasteiger partial charge in [-0.1, -0.05) is 6.07 Å². The molecule has 1 saturated heterocycles.